The zero-order chi connectivity index (χ0) is 25.9. The summed E-state index contributed by atoms with van der Waals surface area (Å²) < 4.78 is 35.9. The summed E-state index contributed by atoms with van der Waals surface area (Å²) in [7, 11) is -0.293. The van der Waals surface area contributed by atoms with E-state index in [0.717, 1.165) is 25.1 Å². The first-order chi connectivity index (χ1) is 17.4. The molecule has 2 aromatic carbocycles. The first-order valence-corrected chi connectivity index (χ1v) is 15.9. The highest BCUT2D eigenvalue weighted by Crippen LogP contribution is 2.38. The molecule has 1 saturated carbocycles. The molecule has 0 aliphatic heterocycles. The van der Waals surface area contributed by atoms with Crippen molar-refractivity contribution in [1.82, 2.24) is 9.44 Å². The van der Waals surface area contributed by atoms with E-state index >= 15 is 0 Å². The molecule has 2 aromatic rings. The van der Waals surface area contributed by atoms with Crippen LogP contribution >= 0.6 is 0 Å². The van der Waals surface area contributed by atoms with E-state index in [1.165, 1.54) is 42.4 Å². The molecule has 3 rings (SSSR count). The zero-order valence-corrected chi connectivity index (χ0v) is 24.0. The SMILES string of the molecule is COc1ccc(CCS(=O)NCCc2ccc(C3CCC(C(C)CNS(=O)C(C)C)CC3)cc2)cc1. The van der Waals surface area contributed by atoms with Crippen LogP contribution in [0.2, 0.25) is 0 Å². The van der Waals surface area contributed by atoms with Crippen LogP contribution in [-0.2, 0) is 34.8 Å². The van der Waals surface area contributed by atoms with E-state index in [1.807, 2.05) is 38.1 Å². The summed E-state index contributed by atoms with van der Waals surface area (Å²) in [6.45, 7) is 7.84. The van der Waals surface area contributed by atoms with Crippen molar-refractivity contribution in [2.45, 2.75) is 70.5 Å². The van der Waals surface area contributed by atoms with Gasteiger partial charge in [0.1, 0.15) is 5.75 Å². The molecule has 1 fully saturated rings. The van der Waals surface area contributed by atoms with Crippen LogP contribution in [0.15, 0.2) is 48.5 Å². The monoisotopic (exact) mass is 532 g/mol. The van der Waals surface area contributed by atoms with Crippen molar-refractivity contribution in [3.8, 4) is 5.75 Å². The molecule has 0 heterocycles. The molecule has 0 bridgehead atoms. The summed E-state index contributed by atoms with van der Waals surface area (Å²) in [6, 6.07) is 17.0. The molecule has 3 unspecified atom stereocenters. The Morgan fingerprint density at radius 2 is 1.47 bits per heavy atom. The minimum Gasteiger partial charge on any atom is -0.497 e. The second-order valence-corrected chi connectivity index (χ2v) is 13.5. The van der Waals surface area contributed by atoms with Crippen molar-refractivity contribution >= 4 is 22.0 Å². The van der Waals surface area contributed by atoms with Gasteiger partial charge in [0.15, 0.2) is 0 Å². The second-order valence-electron chi connectivity index (χ2n) is 10.3. The summed E-state index contributed by atoms with van der Waals surface area (Å²) in [5, 5.41) is 0.166. The maximum Gasteiger partial charge on any atom is 0.118 e. The zero-order valence-electron chi connectivity index (χ0n) is 22.3. The normalized spacial score (nSPS) is 20.7. The lowest BCUT2D eigenvalue weighted by Crippen LogP contribution is -2.32. The standard InChI is InChI=1S/C29H44N2O3S2/c1-22(2)36(33)31-21-23(3)26-11-13-28(14-12-26)27-9-5-24(6-10-27)17-19-30-35(32)20-18-25-7-15-29(34-4)16-8-25/h5-10,15-16,22-23,26,28,30-31H,11-14,17-21H2,1-4H3. The molecular formula is C29H44N2O3S2. The first-order valence-electron chi connectivity index (χ1n) is 13.3. The van der Waals surface area contributed by atoms with Gasteiger partial charge in [-0.15, -0.1) is 0 Å². The minimum absolute atomic E-state index is 0.166. The number of hydrogen-bond acceptors (Lipinski definition) is 3. The minimum atomic E-state index is -1.03. The largest absolute Gasteiger partial charge is 0.497 e. The number of hydrogen-bond donors (Lipinski definition) is 2. The summed E-state index contributed by atoms with van der Waals surface area (Å²) in [4.78, 5) is 0. The molecule has 36 heavy (non-hydrogen) atoms. The molecule has 0 amide bonds. The molecule has 0 spiro atoms. The highest BCUT2D eigenvalue weighted by Gasteiger charge is 2.26. The van der Waals surface area contributed by atoms with Crippen LogP contribution in [0.5, 0.6) is 5.75 Å². The van der Waals surface area contributed by atoms with E-state index in [1.54, 1.807) is 7.11 Å². The predicted molar refractivity (Wildman–Crippen MR) is 153 cm³/mol. The van der Waals surface area contributed by atoms with Crippen LogP contribution in [0.3, 0.4) is 0 Å². The topological polar surface area (TPSA) is 67.4 Å². The molecule has 7 heteroatoms. The van der Waals surface area contributed by atoms with Gasteiger partial charge in [0.2, 0.25) is 0 Å². The van der Waals surface area contributed by atoms with E-state index in [9.17, 15) is 8.42 Å². The van der Waals surface area contributed by atoms with Gasteiger partial charge in [0, 0.05) is 24.1 Å². The smallest absolute Gasteiger partial charge is 0.118 e. The Kier molecular flexibility index (Phi) is 12.1. The lowest BCUT2D eigenvalue weighted by atomic mass is 9.74. The maximum absolute atomic E-state index is 12.3. The van der Waals surface area contributed by atoms with Gasteiger partial charge in [0.25, 0.3) is 0 Å². The Hall–Kier alpha value is -1.54. The molecule has 3 atom stereocenters. The van der Waals surface area contributed by atoms with Crippen LogP contribution < -0.4 is 14.2 Å². The molecule has 200 valence electrons. The molecular weight excluding hydrogens is 488 g/mol. The Bertz CT molecular complexity index is 955. The van der Waals surface area contributed by atoms with Crippen LogP contribution in [0, 0.1) is 11.8 Å². The van der Waals surface area contributed by atoms with E-state index in [-0.39, 0.29) is 5.25 Å². The second kappa shape index (κ2) is 15.0. The summed E-state index contributed by atoms with van der Waals surface area (Å²) in [5.74, 6) is 3.37. The van der Waals surface area contributed by atoms with E-state index < -0.39 is 22.0 Å². The van der Waals surface area contributed by atoms with Gasteiger partial charge in [-0.25, -0.2) is 17.9 Å². The fourth-order valence-corrected chi connectivity index (χ4v) is 6.56. The van der Waals surface area contributed by atoms with Gasteiger partial charge in [0.05, 0.1) is 29.1 Å². The van der Waals surface area contributed by atoms with Gasteiger partial charge in [-0.2, -0.15) is 0 Å². The third-order valence-electron chi connectivity index (χ3n) is 7.42. The van der Waals surface area contributed by atoms with Crippen LogP contribution in [0.1, 0.15) is 69.1 Å². The third kappa shape index (κ3) is 9.40. The number of rotatable bonds is 14. The van der Waals surface area contributed by atoms with E-state index in [0.29, 0.717) is 30.1 Å². The molecule has 0 aromatic heterocycles. The van der Waals surface area contributed by atoms with Crippen molar-refractivity contribution in [2.24, 2.45) is 11.8 Å². The van der Waals surface area contributed by atoms with Crippen molar-refractivity contribution < 1.29 is 13.2 Å². The highest BCUT2D eigenvalue weighted by molar-refractivity contribution is 7.83. The molecule has 5 nitrogen and oxygen atoms in total. The van der Waals surface area contributed by atoms with Gasteiger partial charge in [-0.3, -0.25) is 0 Å². The maximum atomic E-state index is 12.3. The lowest BCUT2D eigenvalue weighted by molar-refractivity contribution is 0.246. The first kappa shape index (κ1) is 29.0. The average Bonchev–Trinajstić information content (AvgIpc) is 2.91. The summed E-state index contributed by atoms with van der Waals surface area (Å²) in [6.07, 6.45) is 6.62. The number of benzene rings is 2. The van der Waals surface area contributed by atoms with Crippen LogP contribution in [0.25, 0.3) is 0 Å². The van der Waals surface area contributed by atoms with Gasteiger partial charge in [-0.1, -0.05) is 43.3 Å². The lowest BCUT2D eigenvalue weighted by Gasteiger charge is -2.32. The Morgan fingerprint density at radius 3 is 2.08 bits per heavy atom. The average molecular weight is 533 g/mol. The predicted octanol–water partition coefficient (Wildman–Crippen LogP) is 5.31. The Labute approximate surface area is 223 Å². The third-order valence-corrected chi connectivity index (χ3v) is 9.82. The molecule has 1 aliphatic carbocycles. The van der Waals surface area contributed by atoms with E-state index in [4.69, 9.17) is 4.74 Å². The van der Waals surface area contributed by atoms with Crippen LogP contribution in [0.4, 0.5) is 0 Å². The number of nitrogens with one attached hydrogen (secondary N) is 2. The van der Waals surface area contributed by atoms with Crippen molar-refractivity contribution in [3.05, 3.63) is 65.2 Å². The summed E-state index contributed by atoms with van der Waals surface area (Å²) >= 11 is 0. The van der Waals surface area contributed by atoms with E-state index in [2.05, 4.69) is 40.6 Å². The highest BCUT2D eigenvalue weighted by atomic mass is 32.2. The fraction of sp³-hybridized carbons (Fsp3) is 0.586. The number of methoxy groups -OCH3 is 1. The molecule has 2 N–H and O–H groups in total. The summed E-state index contributed by atoms with van der Waals surface area (Å²) in [5.41, 5.74) is 3.90. The quantitative estimate of drug-likeness (QED) is 0.347. The van der Waals surface area contributed by atoms with Gasteiger partial charge >= 0.3 is 0 Å². The number of ether oxygens (including phenoxy) is 1. The van der Waals surface area contributed by atoms with Crippen molar-refractivity contribution in [1.29, 1.82) is 0 Å². The molecule has 1 aliphatic rings. The van der Waals surface area contributed by atoms with Gasteiger partial charge in [-0.05, 0) is 98.9 Å². The van der Waals surface area contributed by atoms with Crippen molar-refractivity contribution in [2.75, 3.05) is 26.0 Å². The fourth-order valence-electron chi connectivity index (χ4n) is 4.91. The molecule has 0 saturated heterocycles. The van der Waals surface area contributed by atoms with Crippen LogP contribution in [-0.4, -0.2) is 39.6 Å². The number of aryl methyl sites for hydroxylation is 1. The Balaban J connectivity index is 1.34. The molecule has 0 radical (unpaired) electrons. The van der Waals surface area contributed by atoms with Gasteiger partial charge < -0.3 is 4.74 Å². The Morgan fingerprint density at radius 1 is 0.861 bits per heavy atom. The van der Waals surface area contributed by atoms with Crippen molar-refractivity contribution in [3.63, 3.8) is 0 Å².